The maximum absolute atomic E-state index is 12.8. The zero-order valence-electron chi connectivity index (χ0n) is 14.7. The van der Waals surface area contributed by atoms with Crippen LogP contribution < -0.4 is 20.1 Å². The van der Waals surface area contributed by atoms with Gasteiger partial charge in [-0.15, -0.1) is 0 Å². The minimum Gasteiger partial charge on any atom is -0.497 e. The third-order valence-electron chi connectivity index (χ3n) is 5.66. The zero-order valence-corrected chi connectivity index (χ0v) is 14.7. The van der Waals surface area contributed by atoms with E-state index in [9.17, 15) is 4.79 Å². The Morgan fingerprint density at radius 3 is 3.00 bits per heavy atom. The zero-order chi connectivity index (χ0) is 17.0. The van der Waals surface area contributed by atoms with E-state index in [0.717, 1.165) is 49.4 Å². The van der Waals surface area contributed by atoms with Crippen LogP contribution in [-0.4, -0.2) is 39.8 Å². The summed E-state index contributed by atoms with van der Waals surface area (Å²) in [6.45, 7) is 2.45. The number of rotatable bonds is 6. The number of carbonyl (C=O) groups excluding carboxylic acids is 1. The Bertz CT molecular complexity index is 590. The summed E-state index contributed by atoms with van der Waals surface area (Å²) >= 11 is 0. The van der Waals surface area contributed by atoms with Crippen molar-refractivity contribution in [3.05, 3.63) is 23.8 Å². The second-order valence-corrected chi connectivity index (χ2v) is 6.91. The Morgan fingerprint density at radius 1 is 1.33 bits per heavy atom. The van der Waals surface area contributed by atoms with Gasteiger partial charge in [-0.2, -0.15) is 0 Å². The largest absolute Gasteiger partial charge is 0.497 e. The standard InChI is InChI=1S/C19H28N2O3/c1-23-16-7-6-14(17(11-16)24-2)8-10-21-18(22)19-9-4-3-5-15(19)12-20-13-19/h6-7,11,15,20H,3-5,8-10,12-13H2,1-2H3,(H,21,22)/t15-,19+/m0/s1. The maximum atomic E-state index is 12.8. The highest BCUT2D eigenvalue weighted by molar-refractivity contribution is 5.83. The number of hydrogen-bond donors (Lipinski definition) is 2. The van der Waals surface area contributed by atoms with Crippen LogP contribution in [0.4, 0.5) is 0 Å². The molecule has 0 aromatic heterocycles. The van der Waals surface area contributed by atoms with Crippen LogP contribution in [-0.2, 0) is 11.2 Å². The number of carbonyl (C=O) groups is 1. The molecule has 1 saturated carbocycles. The van der Waals surface area contributed by atoms with Gasteiger partial charge in [0.1, 0.15) is 11.5 Å². The Morgan fingerprint density at radius 2 is 2.21 bits per heavy atom. The predicted octanol–water partition coefficient (Wildman–Crippen LogP) is 2.14. The van der Waals surface area contributed by atoms with Crippen LogP contribution in [0.5, 0.6) is 11.5 Å². The Labute approximate surface area is 144 Å². The molecule has 2 N–H and O–H groups in total. The SMILES string of the molecule is COc1ccc(CCNC(=O)[C@@]23CCCC[C@H]2CNC3)c(OC)c1. The van der Waals surface area contributed by atoms with Gasteiger partial charge < -0.3 is 20.1 Å². The maximum Gasteiger partial charge on any atom is 0.227 e. The first-order valence-electron chi connectivity index (χ1n) is 8.89. The van der Waals surface area contributed by atoms with Gasteiger partial charge in [-0.05, 0) is 43.4 Å². The predicted molar refractivity (Wildman–Crippen MR) is 93.5 cm³/mol. The molecule has 1 amide bonds. The van der Waals surface area contributed by atoms with Gasteiger partial charge >= 0.3 is 0 Å². The molecule has 0 unspecified atom stereocenters. The van der Waals surface area contributed by atoms with Crippen molar-refractivity contribution in [1.82, 2.24) is 10.6 Å². The highest BCUT2D eigenvalue weighted by Crippen LogP contribution is 2.43. The van der Waals surface area contributed by atoms with Gasteiger partial charge in [0.05, 0.1) is 19.6 Å². The van der Waals surface area contributed by atoms with Gasteiger partial charge in [0.2, 0.25) is 5.91 Å². The second-order valence-electron chi connectivity index (χ2n) is 6.91. The van der Waals surface area contributed by atoms with E-state index in [-0.39, 0.29) is 11.3 Å². The fraction of sp³-hybridized carbons (Fsp3) is 0.632. The van der Waals surface area contributed by atoms with Gasteiger partial charge in [-0.1, -0.05) is 18.9 Å². The number of methoxy groups -OCH3 is 2. The Hall–Kier alpha value is -1.75. The van der Waals surface area contributed by atoms with Crippen molar-refractivity contribution >= 4 is 5.91 Å². The van der Waals surface area contributed by atoms with E-state index in [1.807, 2.05) is 18.2 Å². The van der Waals surface area contributed by atoms with Gasteiger partial charge in [0.25, 0.3) is 0 Å². The second kappa shape index (κ2) is 7.43. The minimum atomic E-state index is -0.178. The van der Waals surface area contributed by atoms with Crippen molar-refractivity contribution in [2.75, 3.05) is 33.9 Å². The highest BCUT2D eigenvalue weighted by Gasteiger charge is 2.49. The first-order valence-corrected chi connectivity index (χ1v) is 8.89. The van der Waals surface area contributed by atoms with Crippen molar-refractivity contribution in [3.8, 4) is 11.5 Å². The summed E-state index contributed by atoms with van der Waals surface area (Å²) in [7, 11) is 3.30. The van der Waals surface area contributed by atoms with Crippen LogP contribution in [0.1, 0.15) is 31.2 Å². The molecule has 1 aromatic rings. The number of hydrogen-bond acceptors (Lipinski definition) is 4. The molecule has 3 rings (SSSR count). The minimum absolute atomic E-state index is 0.178. The molecule has 2 aliphatic rings. The fourth-order valence-corrected chi connectivity index (χ4v) is 4.24. The molecule has 1 aliphatic heterocycles. The third-order valence-corrected chi connectivity index (χ3v) is 5.66. The van der Waals surface area contributed by atoms with Crippen LogP contribution in [0.3, 0.4) is 0 Å². The first-order chi connectivity index (χ1) is 11.7. The van der Waals surface area contributed by atoms with Gasteiger partial charge in [0.15, 0.2) is 0 Å². The summed E-state index contributed by atoms with van der Waals surface area (Å²) in [4.78, 5) is 12.8. The summed E-state index contributed by atoms with van der Waals surface area (Å²) in [5.74, 6) is 2.31. The summed E-state index contributed by atoms with van der Waals surface area (Å²) in [5, 5.41) is 6.61. The number of nitrogens with one attached hydrogen (secondary N) is 2. The number of amides is 1. The highest BCUT2D eigenvalue weighted by atomic mass is 16.5. The molecule has 24 heavy (non-hydrogen) atoms. The Kier molecular flexibility index (Phi) is 5.29. The average molecular weight is 332 g/mol. The van der Waals surface area contributed by atoms with E-state index < -0.39 is 0 Å². The van der Waals surface area contributed by atoms with Crippen molar-refractivity contribution < 1.29 is 14.3 Å². The van der Waals surface area contributed by atoms with Crippen molar-refractivity contribution in [1.29, 1.82) is 0 Å². The molecule has 5 nitrogen and oxygen atoms in total. The number of benzene rings is 1. The number of fused-ring (bicyclic) bond motifs is 1. The van der Waals surface area contributed by atoms with E-state index >= 15 is 0 Å². The molecular formula is C19H28N2O3. The lowest BCUT2D eigenvalue weighted by Gasteiger charge is -2.37. The summed E-state index contributed by atoms with van der Waals surface area (Å²) in [5.41, 5.74) is 0.906. The molecule has 0 spiro atoms. The van der Waals surface area contributed by atoms with Crippen molar-refractivity contribution in [3.63, 3.8) is 0 Å². The molecule has 1 aromatic carbocycles. The molecule has 1 aliphatic carbocycles. The lowest BCUT2D eigenvalue weighted by molar-refractivity contribution is -0.133. The monoisotopic (exact) mass is 332 g/mol. The lowest BCUT2D eigenvalue weighted by atomic mass is 9.67. The first kappa shape index (κ1) is 17.1. The quantitative estimate of drug-likeness (QED) is 0.838. The molecule has 5 heteroatoms. The van der Waals surface area contributed by atoms with Crippen LogP contribution in [0.15, 0.2) is 18.2 Å². The van der Waals surface area contributed by atoms with Crippen LogP contribution in [0.25, 0.3) is 0 Å². The van der Waals surface area contributed by atoms with Crippen molar-refractivity contribution in [2.45, 2.75) is 32.1 Å². The van der Waals surface area contributed by atoms with E-state index in [1.165, 1.54) is 12.8 Å². The molecule has 2 atom stereocenters. The van der Waals surface area contributed by atoms with Gasteiger partial charge in [0, 0.05) is 19.2 Å². The van der Waals surface area contributed by atoms with E-state index in [1.54, 1.807) is 14.2 Å². The summed E-state index contributed by atoms with van der Waals surface area (Å²) < 4.78 is 10.7. The average Bonchev–Trinajstić information content (AvgIpc) is 3.07. The molecule has 2 fully saturated rings. The Balaban J connectivity index is 1.59. The van der Waals surface area contributed by atoms with Crippen LogP contribution in [0, 0.1) is 11.3 Å². The van der Waals surface area contributed by atoms with E-state index in [2.05, 4.69) is 10.6 Å². The van der Waals surface area contributed by atoms with E-state index in [4.69, 9.17) is 9.47 Å². The van der Waals surface area contributed by atoms with E-state index in [0.29, 0.717) is 12.5 Å². The van der Waals surface area contributed by atoms with Gasteiger partial charge in [-0.25, -0.2) is 0 Å². The molecule has 0 radical (unpaired) electrons. The molecule has 0 bridgehead atoms. The van der Waals surface area contributed by atoms with Gasteiger partial charge in [-0.3, -0.25) is 4.79 Å². The molecular weight excluding hydrogens is 304 g/mol. The molecule has 132 valence electrons. The van der Waals surface area contributed by atoms with Crippen molar-refractivity contribution in [2.24, 2.45) is 11.3 Å². The lowest BCUT2D eigenvalue weighted by Crippen LogP contribution is -2.48. The normalized spacial score (nSPS) is 25.8. The molecule has 1 saturated heterocycles. The fourth-order valence-electron chi connectivity index (χ4n) is 4.24. The number of ether oxygens (including phenoxy) is 2. The third kappa shape index (κ3) is 3.22. The molecule has 1 heterocycles. The summed E-state index contributed by atoms with van der Waals surface area (Å²) in [6, 6.07) is 5.81. The smallest absolute Gasteiger partial charge is 0.227 e. The summed E-state index contributed by atoms with van der Waals surface area (Å²) in [6.07, 6.45) is 5.37. The van der Waals surface area contributed by atoms with Crippen LogP contribution >= 0.6 is 0 Å². The topological polar surface area (TPSA) is 59.6 Å². The van der Waals surface area contributed by atoms with Crippen LogP contribution in [0.2, 0.25) is 0 Å².